The second-order valence-electron chi connectivity index (χ2n) is 7.00. The van der Waals surface area contributed by atoms with Crippen molar-refractivity contribution in [2.24, 2.45) is 0 Å². The van der Waals surface area contributed by atoms with Crippen molar-refractivity contribution in [1.82, 2.24) is 25.3 Å². The zero-order valence-corrected chi connectivity index (χ0v) is 16.7. The van der Waals surface area contributed by atoms with Crippen LogP contribution in [-0.4, -0.2) is 72.2 Å². The second-order valence-corrected chi connectivity index (χ2v) is 7.00. The van der Waals surface area contributed by atoms with Gasteiger partial charge in [0.05, 0.1) is 20.2 Å². The van der Waals surface area contributed by atoms with E-state index < -0.39 is 0 Å². The SMILES string of the molecule is CCCCNC(=O)CN1CCN(Cc2nc(-c3ccc(OC)cc3)no2)CC1. The normalized spacial score (nSPS) is 15.5. The van der Waals surface area contributed by atoms with E-state index in [1.165, 1.54) is 0 Å². The number of rotatable bonds is 9. The Labute approximate surface area is 165 Å². The highest BCUT2D eigenvalue weighted by Gasteiger charge is 2.21. The zero-order chi connectivity index (χ0) is 19.8. The summed E-state index contributed by atoms with van der Waals surface area (Å²) in [6.45, 7) is 7.46. The van der Waals surface area contributed by atoms with E-state index in [9.17, 15) is 4.79 Å². The first-order valence-electron chi connectivity index (χ1n) is 9.86. The van der Waals surface area contributed by atoms with Crippen molar-refractivity contribution in [2.75, 3.05) is 46.4 Å². The van der Waals surface area contributed by atoms with Crippen molar-refractivity contribution in [2.45, 2.75) is 26.3 Å². The van der Waals surface area contributed by atoms with Crippen LogP contribution in [0.2, 0.25) is 0 Å². The van der Waals surface area contributed by atoms with E-state index in [-0.39, 0.29) is 5.91 Å². The van der Waals surface area contributed by atoms with Crippen LogP contribution in [0.4, 0.5) is 0 Å². The Morgan fingerprint density at radius 2 is 1.89 bits per heavy atom. The lowest BCUT2D eigenvalue weighted by Crippen LogP contribution is -2.49. The summed E-state index contributed by atoms with van der Waals surface area (Å²) < 4.78 is 10.6. The first kappa shape index (κ1) is 20.3. The topological polar surface area (TPSA) is 83.7 Å². The number of piperazine rings is 1. The molecular formula is C20H29N5O3. The number of hydrogen-bond donors (Lipinski definition) is 1. The molecule has 1 aromatic heterocycles. The van der Waals surface area contributed by atoms with Crippen LogP contribution in [0.1, 0.15) is 25.7 Å². The summed E-state index contributed by atoms with van der Waals surface area (Å²) in [7, 11) is 1.64. The van der Waals surface area contributed by atoms with Crippen molar-refractivity contribution in [3.8, 4) is 17.1 Å². The standard InChI is InChI=1S/C20H29N5O3/c1-3-4-9-21-18(26)14-24-10-12-25(13-11-24)15-19-22-20(23-28-19)16-5-7-17(27-2)8-6-16/h5-8H,3-4,9-15H2,1-2H3,(H,21,26). The molecule has 0 spiro atoms. The average Bonchev–Trinajstić information content (AvgIpc) is 3.18. The lowest BCUT2D eigenvalue weighted by molar-refractivity contribution is -0.122. The molecule has 1 aromatic carbocycles. The van der Waals surface area contributed by atoms with Crippen LogP contribution in [0.25, 0.3) is 11.4 Å². The summed E-state index contributed by atoms with van der Waals surface area (Å²) in [4.78, 5) is 20.9. The predicted octanol–water partition coefficient (Wildman–Crippen LogP) is 1.78. The first-order chi connectivity index (χ1) is 13.7. The molecule has 2 heterocycles. The van der Waals surface area contributed by atoms with Crippen LogP contribution < -0.4 is 10.1 Å². The monoisotopic (exact) mass is 387 g/mol. The number of benzene rings is 1. The maximum absolute atomic E-state index is 11.9. The fourth-order valence-corrected chi connectivity index (χ4v) is 3.14. The number of unbranched alkanes of at least 4 members (excludes halogenated alkanes) is 1. The molecule has 152 valence electrons. The number of hydrogen-bond acceptors (Lipinski definition) is 7. The van der Waals surface area contributed by atoms with Gasteiger partial charge < -0.3 is 14.6 Å². The lowest BCUT2D eigenvalue weighted by atomic mass is 10.2. The molecule has 0 saturated carbocycles. The summed E-state index contributed by atoms with van der Waals surface area (Å²) in [6, 6.07) is 7.58. The molecule has 0 radical (unpaired) electrons. The molecule has 0 bridgehead atoms. The van der Waals surface area contributed by atoms with Gasteiger partial charge in [-0.25, -0.2) is 0 Å². The number of methoxy groups -OCH3 is 1. The third kappa shape index (κ3) is 5.77. The molecule has 0 unspecified atom stereocenters. The molecule has 1 aliphatic heterocycles. The van der Waals surface area contributed by atoms with E-state index in [1.54, 1.807) is 7.11 Å². The molecule has 1 amide bonds. The van der Waals surface area contributed by atoms with Crippen molar-refractivity contribution in [3.05, 3.63) is 30.2 Å². The van der Waals surface area contributed by atoms with E-state index in [2.05, 4.69) is 32.2 Å². The van der Waals surface area contributed by atoms with Crippen LogP contribution in [0.5, 0.6) is 5.75 Å². The minimum absolute atomic E-state index is 0.114. The molecule has 28 heavy (non-hydrogen) atoms. The van der Waals surface area contributed by atoms with Gasteiger partial charge in [0.25, 0.3) is 0 Å². The number of nitrogens with one attached hydrogen (secondary N) is 1. The molecular weight excluding hydrogens is 358 g/mol. The van der Waals surface area contributed by atoms with E-state index in [4.69, 9.17) is 9.26 Å². The lowest BCUT2D eigenvalue weighted by Gasteiger charge is -2.33. The number of ether oxygens (including phenoxy) is 1. The molecule has 8 nitrogen and oxygen atoms in total. The van der Waals surface area contributed by atoms with Crippen molar-refractivity contribution in [1.29, 1.82) is 0 Å². The average molecular weight is 387 g/mol. The first-order valence-corrected chi connectivity index (χ1v) is 9.86. The Morgan fingerprint density at radius 1 is 1.18 bits per heavy atom. The molecule has 2 aromatic rings. The van der Waals surface area contributed by atoms with Crippen LogP contribution in [0.3, 0.4) is 0 Å². The van der Waals surface area contributed by atoms with Gasteiger partial charge in [0.15, 0.2) is 0 Å². The molecule has 0 atom stereocenters. The Morgan fingerprint density at radius 3 is 2.57 bits per heavy atom. The van der Waals surface area contributed by atoms with Gasteiger partial charge in [0.2, 0.25) is 17.6 Å². The van der Waals surface area contributed by atoms with Crippen LogP contribution >= 0.6 is 0 Å². The second kappa shape index (κ2) is 10.2. The van der Waals surface area contributed by atoms with Crippen molar-refractivity contribution in [3.63, 3.8) is 0 Å². The van der Waals surface area contributed by atoms with Crippen molar-refractivity contribution < 1.29 is 14.1 Å². The number of amides is 1. The fraction of sp³-hybridized carbons (Fsp3) is 0.550. The van der Waals surface area contributed by atoms with Gasteiger partial charge in [0.1, 0.15) is 5.75 Å². The predicted molar refractivity (Wildman–Crippen MR) is 106 cm³/mol. The number of carbonyl (C=O) groups is 1. The molecule has 1 saturated heterocycles. The quantitative estimate of drug-likeness (QED) is 0.657. The zero-order valence-electron chi connectivity index (χ0n) is 16.7. The molecule has 1 N–H and O–H groups in total. The number of carbonyl (C=O) groups excluding carboxylic acids is 1. The van der Waals surface area contributed by atoms with Gasteiger partial charge in [-0.15, -0.1) is 0 Å². The Balaban J connectivity index is 1.43. The van der Waals surface area contributed by atoms with Gasteiger partial charge >= 0.3 is 0 Å². The van der Waals surface area contributed by atoms with Crippen LogP contribution in [0.15, 0.2) is 28.8 Å². The van der Waals surface area contributed by atoms with Crippen LogP contribution in [0, 0.1) is 0 Å². The Hall–Kier alpha value is -2.45. The molecule has 0 aliphatic carbocycles. The van der Waals surface area contributed by atoms with E-state index in [0.717, 1.165) is 56.9 Å². The minimum atomic E-state index is 0.114. The maximum atomic E-state index is 11.9. The molecule has 8 heteroatoms. The third-order valence-corrected chi connectivity index (χ3v) is 4.86. The van der Waals surface area contributed by atoms with E-state index in [1.807, 2.05) is 24.3 Å². The van der Waals surface area contributed by atoms with Gasteiger partial charge in [-0.3, -0.25) is 14.6 Å². The van der Waals surface area contributed by atoms with Gasteiger partial charge in [0, 0.05) is 38.3 Å². The highest BCUT2D eigenvalue weighted by atomic mass is 16.5. The largest absolute Gasteiger partial charge is 0.497 e. The van der Waals surface area contributed by atoms with Gasteiger partial charge in [-0.1, -0.05) is 18.5 Å². The van der Waals surface area contributed by atoms with Crippen LogP contribution in [-0.2, 0) is 11.3 Å². The summed E-state index contributed by atoms with van der Waals surface area (Å²) in [5.41, 5.74) is 0.898. The van der Waals surface area contributed by atoms with Crippen molar-refractivity contribution >= 4 is 5.91 Å². The van der Waals surface area contributed by atoms with Gasteiger partial charge in [-0.05, 0) is 30.7 Å². The highest BCUT2D eigenvalue weighted by molar-refractivity contribution is 5.77. The summed E-state index contributed by atoms with van der Waals surface area (Å²) in [6.07, 6.45) is 2.12. The Bertz CT molecular complexity index is 739. The number of aromatic nitrogens is 2. The minimum Gasteiger partial charge on any atom is -0.497 e. The maximum Gasteiger partial charge on any atom is 0.241 e. The molecule has 1 fully saturated rings. The number of nitrogens with zero attached hydrogens (tertiary/aromatic N) is 4. The fourth-order valence-electron chi connectivity index (χ4n) is 3.14. The highest BCUT2D eigenvalue weighted by Crippen LogP contribution is 2.20. The summed E-state index contributed by atoms with van der Waals surface area (Å²) >= 11 is 0. The summed E-state index contributed by atoms with van der Waals surface area (Å²) in [5.74, 6) is 2.10. The summed E-state index contributed by atoms with van der Waals surface area (Å²) in [5, 5.41) is 7.05. The van der Waals surface area contributed by atoms with E-state index in [0.29, 0.717) is 24.8 Å². The third-order valence-electron chi connectivity index (χ3n) is 4.86. The smallest absolute Gasteiger partial charge is 0.241 e. The van der Waals surface area contributed by atoms with E-state index >= 15 is 0 Å². The molecule has 3 rings (SSSR count). The Kier molecular flexibility index (Phi) is 7.39. The van der Waals surface area contributed by atoms with Gasteiger partial charge in [-0.2, -0.15) is 4.98 Å². The molecule has 1 aliphatic rings.